The highest BCUT2D eigenvalue weighted by Crippen LogP contribution is 2.18. The maximum Gasteiger partial charge on any atom is 0.243 e. The quantitative estimate of drug-likeness (QED) is 0.628. The number of likely N-dealkylation sites (tertiary alicyclic amines) is 1. The number of carbonyl (C=O) groups is 2. The van der Waals surface area contributed by atoms with Gasteiger partial charge in [0.05, 0.1) is 11.4 Å². The molecule has 0 atom stereocenters. The third-order valence-electron chi connectivity index (χ3n) is 5.03. The molecule has 1 heterocycles. The highest BCUT2D eigenvalue weighted by atomic mass is 32.2. The number of hydrogen-bond acceptors (Lipinski definition) is 5. The van der Waals surface area contributed by atoms with Crippen LogP contribution in [0.4, 0.5) is 5.69 Å². The average Bonchev–Trinajstić information content (AvgIpc) is 2.67. The number of nitrogens with one attached hydrogen (secondary N) is 2. The van der Waals surface area contributed by atoms with Crippen molar-refractivity contribution in [3.05, 3.63) is 24.3 Å². The Bertz CT molecular complexity index is 787. The van der Waals surface area contributed by atoms with Gasteiger partial charge in [0.15, 0.2) is 0 Å². The fourth-order valence-electron chi connectivity index (χ4n) is 3.34. The minimum Gasteiger partial charge on any atom is -0.352 e. The lowest BCUT2D eigenvalue weighted by Crippen LogP contribution is -2.47. The van der Waals surface area contributed by atoms with Gasteiger partial charge in [-0.15, -0.1) is 0 Å². The standard InChI is InChI=1S/C20H32N4O4S/c1-4-5-12-24-13-10-18(11-14-24)22-20(26)15-23(3)29(27,28)19-8-6-17(7-9-19)21-16(2)25/h6-9,18H,4-5,10-15H2,1-3H3,(H,21,25)(H,22,26). The summed E-state index contributed by atoms with van der Waals surface area (Å²) in [6.45, 7) is 6.34. The van der Waals surface area contributed by atoms with Crippen molar-refractivity contribution in [1.29, 1.82) is 0 Å². The Kier molecular flexibility index (Phi) is 8.60. The monoisotopic (exact) mass is 424 g/mol. The molecule has 8 nitrogen and oxygen atoms in total. The first-order valence-corrected chi connectivity index (χ1v) is 11.5. The fraction of sp³-hybridized carbons (Fsp3) is 0.600. The first-order valence-electron chi connectivity index (χ1n) is 10.1. The first kappa shape index (κ1) is 23.3. The summed E-state index contributed by atoms with van der Waals surface area (Å²) in [4.78, 5) is 25.9. The Hall–Kier alpha value is -1.97. The number of nitrogens with zero attached hydrogens (tertiary/aromatic N) is 2. The Labute approximate surface area is 173 Å². The fourth-order valence-corrected chi connectivity index (χ4v) is 4.46. The molecular weight excluding hydrogens is 392 g/mol. The van der Waals surface area contributed by atoms with E-state index in [9.17, 15) is 18.0 Å². The molecule has 9 heteroatoms. The Morgan fingerprint density at radius 2 is 1.79 bits per heavy atom. The van der Waals surface area contributed by atoms with E-state index in [0.29, 0.717) is 5.69 Å². The molecule has 1 aromatic rings. The molecule has 2 rings (SSSR count). The lowest BCUT2D eigenvalue weighted by molar-refractivity contribution is -0.122. The lowest BCUT2D eigenvalue weighted by Gasteiger charge is -2.32. The molecule has 0 spiro atoms. The van der Waals surface area contributed by atoms with Crippen molar-refractivity contribution in [2.24, 2.45) is 0 Å². The summed E-state index contributed by atoms with van der Waals surface area (Å²) in [6.07, 6.45) is 4.13. The maximum absolute atomic E-state index is 12.7. The van der Waals surface area contributed by atoms with Gasteiger partial charge in [0.2, 0.25) is 21.8 Å². The van der Waals surface area contributed by atoms with E-state index in [1.807, 2.05) is 0 Å². The van der Waals surface area contributed by atoms with E-state index in [1.54, 1.807) is 0 Å². The van der Waals surface area contributed by atoms with E-state index in [0.717, 1.165) is 36.8 Å². The number of anilines is 1. The summed E-state index contributed by atoms with van der Waals surface area (Å²) in [5.74, 6) is -0.524. The van der Waals surface area contributed by atoms with Crippen molar-refractivity contribution in [1.82, 2.24) is 14.5 Å². The normalized spacial score (nSPS) is 16.0. The van der Waals surface area contributed by atoms with Gasteiger partial charge in [-0.3, -0.25) is 9.59 Å². The van der Waals surface area contributed by atoms with Crippen LogP contribution in [0.25, 0.3) is 0 Å². The van der Waals surface area contributed by atoms with E-state index in [2.05, 4.69) is 22.5 Å². The summed E-state index contributed by atoms with van der Waals surface area (Å²) < 4.78 is 26.4. The third kappa shape index (κ3) is 7.09. The minimum atomic E-state index is -3.79. The van der Waals surface area contributed by atoms with Gasteiger partial charge in [-0.2, -0.15) is 4.31 Å². The molecule has 0 radical (unpaired) electrons. The Morgan fingerprint density at radius 1 is 1.17 bits per heavy atom. The van der Waals surface area contributed by atoms with Crippen molar-refractivity contribution in [2.45, 2.75) is 50.5 Å². The molecule has 162 valence electrons. The van der Waals surface area contributed by atoms with Gasteiger partial charge in [-0.1, -0.05) is 13.3 Å². The summed E-state index contributed by atoms with van der Waals surface area (Å²) in [7, 11) is -2.39. The molecular formula is C20H32N4O4S. The second kappa shape index (κ2) is 10.7. The predicted octanol–water partition coefficient (Wildman–Crippen LogP) is 1.65. The van der Waals surface area contributed by atoms with Gasteiger partial charge in [0.1, 0.15) is 0 Å². The molecule has 0 bridgehead atoms. The number of carbonyl (C=O) groups excluding carboxylic acids is 2. The smallest absolute Gasteiger partial charge is 0.243 e. The van der Waals surface area contributed by atoms with Crippen LogP contribution in [0.3, 0.4) is 0 Å². The molecule has 0 aliphatic carbocycles. The highest BCUT2D eigenvalue weighted by Gasteiger charge is 2.25. The first-order chi connectivity index (χ1) is 13.7. The van der Waals surface area contributed by atoms with Crippen LogP contribution < -0.4 is 10.6 Å². The van der Waals surface area contributed by atoms with Gasteiger partial charge >= 0.3 is 0 Å². The zero-order chi connectivity index (χ0) is 21.4. The second-order valence-electron chi connectivity index (χ2n) is 7.50. The van der Waals surface area contributed by atoms with E-state index in [-0.39, 0.29) is 29.3 Å². The van der Waals surface area contributed by atoms with Gasteiger partial charge in [0.25, 0.3) is 0 Å². The lowest BCUT2D eigenvalue weighted by atomic mass is 10.0. The summed E-state index contributed by atoms with van der Waals surface area (Å²) >= 11 is 0. The largest absolute Gasteiger partial charge is 0.352 e. The van der Waals surface area contributed by atoms with Crippen LogP contribution in [-0.4, -0.2) is 68.7 Å². The number of likely N-dealkylation sites (N-methyl/N-ethyl adjacent to an activating group) is 1. The van der Waals surface area contributed by atoms with Crippen LogP contribution in [0, 0.1) is 0 Å². The molecule has 1 aliphatic rings. The number of piperidine rings is 1. The Balaban J connectivity index is 1.86. The average molecular weight is 425 g/mol. The van der Waals surface area contributed by atoms with E-state index in [4.69, 9.17) is 0 Å². The Morgan fingerprint density at radius 3 is 2.34 bits per heavy atom. The van der Waals surface area contributed by atoms with Gasteiger partial charge in [-0.05, 0) is 50.1 Å². The topological polar surface area (TPSA) is 98.8 Å². The van der Waals surface area contributed by atoms with Crippen molar-refractivity contribution < 1.29 is 18.0 Å². The van der Waals surface area contributed by atoms with Crippen molar-refractivity contribution in [3.63, 3.8) is 0 Å². The zero-order valence-corrected chi connectivity index (χ0v) is 18.3. The van der Waals surface area contributed by atoms with Crippen LogP contribution in [0.5, 0.6) is 0 Å². The SMILES string of the molecule is CCCCN1CCC(NC(=O)CN(C)S(=O)(=O)c2ccc(NC(C)=O)cc2)CC1. The number of hydrogen-bond donors (Lipinski definition) is 2. The van der Waals surface area contributed by atoms with Gasteiger partial charge in [0, 0.05) is 38.8 Å². The number of sulfonamides is 1. The molecule has 0 saturated carbocycles. The van der Waals surface area contributed by atoms with E-state index >= 15 is 0 Å². The molecule has 2 N–H and O–H groups in total. The maximum atomic E-state index is 12.7. The van der Waals surface area contributed by atoms with Crippen molar-refractivity contribution in [2.75, 3.05) is 38.5 Å². The molecule has 1 aliphatic heterocycles. The van der Waals surface area contributed by atoms with Gasteiger partial charge < -0.3 is 15.5 Å². The summed E-state index contributed by atoms with van der Waals surface area (Å²) in [5, 5.41) is 5.55. The van der Waals surface area contributed by atoms with Crippen molar-refractivity contribution >= 4 is 27.5 Å². The van der Waals surface area contributed by atoms with Crippen LogP contribution in [0.2, 0.25) is 0 Å². The summed E-state index contributed by atoms with van der Waals surface area (Å²) in [6, 6.07) is 5.97. The van der Waals surface area contributed by atoms with Crippen LogP contribution in [0.1, 0.15) is 39.5 Å². The number of rotatable bonds is 9. The van der Waals surface area contributed by atoms with E-state index in [1.165, 1.54) is 51.1 Å². The van der Waals surface area contributed by atoms with E-state index < -0.39 is 10.0 Å². The molecule has 2 amide bonds. The zero-order valence-electron chi connectivity index (χ0n) is 17.5. The molecule has 1 saturated heterocycles. The predicted molar refractivity (Wildman–Crippen MR) is 113 cm³/mol. The second-order valence-corrected chi connectivity index (χ2v) is 9.55. The molecule has 0 aromatic heterocycles. The third-order valence-corrected chi connectivity index (χ3v) is 6.85. The van der Waals surface area contributed by atoms with Crippen molar-refractivity contribution in [3.8, 4) is 0 Å². The van der Waals surface area contributed by atoms with Crippen LogP contribution in [0.15, 0.2) is 29.2 Å². The summed E-state index contributed by atoms with van der Waals surface area (Å²) in [5.41, 5.74) is 0.516. The molecule has 1 aromatic carbocycles. The minimum absolute atomic E-state index is 0.0751. The van der Waals surface area contributed by atoms with Gasteiger partial charge in [-0.25, -0.2) is 8.42 Å². The highest BCUT2D eigenvalue weighted by molar-refractivity contribution is 7.89. The molecule has 29 heavy (non-hydrogen) atoms. The number of benzene rings is 1. The molecule has 0 unspecified atom stereocenters. The number of unbranched alkanes of at least 4 members (excludes halogenated alkanes) is 1. The number of amides is 2. The van der Waals surface area contributed by atoms with Crippen LogP contribution >= 0.6 is 0 Å². The van der Waals surface area contributed by atoms with Crippen LogP contribution in [-0.2, 0) is 19.6 Å². The molecule has 1 fully saturated rings.